The van der Waals surface area contributed by atoms with Crippen LogP contribution in [0.15, 0.2) is 16.9 Å². The van der Waals surface area contributed by atoms with Crippen molar-refractivity contribution >= 4 is 12.4 Å². The topological polar surface area (TPSA) is 90.7 Å². The van der Waals surface area contributed by atoms with E-state index in [2.05, 4.69) is 20.1 Å². The third kappa shape index (κ3) is 4.02. The van der Waals surface area contributed by atoms with Gasteiger partial charge >= 0.3 is 6.18 Å². The first kappa shape index (κ1) is 18.6. The van der Waals surface area contributed by atoms with Gasteiger partial charge in [-0.3, -0.25) is 0 Å². The number of rotatable bonds is 3. The van der Waals surface area contributed by atoms with Crippen LogP contribution in [0.5, 0.6) is 0 Å². The lowest BCUT2D eigenvalue weighted by Gasteiger charge is -2.24. The number of hydrogen-bond donors (Lipinski definition) is 1. The van der Waals surface area contributed by atoms with Gasteiger partial charge in [-0.2, -0.15) is 18.2 Å². The molecule has 10 heteroatoms. The van der Waals surface area contributed by atoms with E-state index >= 15 is 0 Å². The van der Waals surface area contributed by atoms with Crippen LogP contribution in [0.25, 0.3) is 11.6 Å². The van der Waals surface area contributed by atoms with Gasteiger partial charge in [0.2, 0.25) is 17.5 Å². The van der Waals surface area contributed by atoms with E-state index < -0.39 is 11.7 Å². The highest BCUT2D eigenvalue weighted by Crippen LogP contribution is 2.35. The highest BCUT2D eigenvalue weighted by Gasteiger charge is 2.32. The molecular weight excluding hydrogens is 347 g/mol. The largest absolute Gasteiger partial charge is 0.419 e. The Morgan fingerprint density at radius 1 is 1.08 bits per heavy atom. The van der Waals surface area contributed by atoms with Gasteiger partial charge in [-0.05, 0) is 38.1 Å². The van der Waals surface area contributed by atoms with Crippen molar-refractivity contribution in [3.63, 3.8) is 0 Å². The van der Waals surface area contributed by atoms with Gasteiger partial charge in [0.05, 0.1) is 5.56 Å². The standard InChI is InChI=1S/C14H16F3N5O.ClH/c15-14(16,17)10-6-19-11(20-7-10)12-21-13(23-22-12)9-3-1-8(5-18)2-4-9;/h6-9H,1-5,18H2;1H. The smallest absolute Gasteiger partial charge is 0.339 e. The Kier molecular flexibility index (Phi) is 5.76. The van der Waals surface area contributed by atoms with Gasteiger partial charge in [0.25, 0.3) is 0 Å². The van der Waals surface area contributed by atoms with E-state index in [9.17, 15) is 13.2 Å². The summed E-state index contributed by atoms with van der Waals surface area (Å²) in [6, 6.07) is 0. The molecule has 0 radical (unpaired) electrons. The Balaban J connectivity index is 0.00000208. The molecule has 2 aromatic rings. The summed E-state index contributed by atoms with van der Waals surface area (Å²) < 4.78 is 42.7. The molecule has 24 heavy (non-hydrogen) atoms. The molecule has 6 nitrogen and oxygen atoms in total. The Bertz CT molecular complexity index is 653. The van der Waals surface area contributed by atoms with E-state index in [-0.39, 0.29) is 30.0 Å². The van der Waals surface area contributed by atoms with Gasteiger partial charge in [-0.1, -0.05) is 5.16 Å². The van der Waals surface area contributed by atoms with Gasteiger partial charge in [-0.15, -0.1) is 12.4 Å². The Hall–Kier alpha value is -1.74. The van der Waals surface area contributed by atoms with Crippen LogP contribution in [0.3, 0.4) is 0 Å². The lowest BCUT2D eigenvalue weighted by atomic mass is 9.82. The highest BCUT2D eigenvalue weighted by molar-refractivity contribution is 5.85. The Morgan fingerprint density at radius 3 is 2.25 bits per heavy atom. The van der Waals surface area contributed by atoms with Crippen LogP contribution in [0.1, 0.15) is 43.1 Å². The Labute approximate surface area is 142 Å². The van der Waals surface area contributed by atoms with Crippen molar-refractivity contribution in [3.8, 4) is 11.6 Å². The van der Waals surface area contributed by atoms with Gasteiger partial charge in [0.1, 0.15) is 0 Å². The van der Waals surface area contributed by atoms with E-state index in [0.29, 0.717) is 30.7 Å². The molecule has 1 fully saturated rings. The molecule has 0 spiro atoms. The van der Waals surface area contributed by atoms with Crippen molar-refractivity contribution in [2.45, 2.75) is 37.8 Å². The minimum Gasteiger partial charge on any atom is -0.339 e. The third-order valence-corrected chi connectivity index (χ3v) is 4.15. The molecule has 0 amide bonds. The number of alkyl halides is 3. The molecule has 0 saturated heterocycles. The number of halogens is 4. The highest BCUT2D eigenvalue weighted by atomic mass is 35.5. The van der Waals surface area contributed by atoms with Crippen molar-refractivity contribution < 1.29 is 17.7 Å². The van der Waals surface area contributed by atoms with Crippen molar-refractivity contribution in [1.29, 1.82) is 0 Å². The molecule has 0 aromatic carbocycles. The van der Waals surface area contributed by atoms with Gasteiger partial charge in [-0.25, -0.2) is 9.97 Å². The first-order valence-corrected chi connectivity index (χ1v) is 7.40. The summed E-state index contributed by atoms with van der Waals surface area (Å²) in [7, 11) is 0. The molecular formula is C14H17ClF3N5O. The van der Waals surface area contributed by atoms with Crippen LogP contribution < -0.4 is 5.73 Å². The monoisotopic (exact) mass is 363 g/mol. The summed E-state index contributed by atoms with van der Waals surface area (Å²) >= 11 is 0. The summed E-state index contributed by atoms with van der Waals surface area (Å²) in [5.74, 6) is 1.30. The van der Waals surface area contributed by atoms with Crippen LogP contribution in [-0.2, 0) is 6.18 Å². The van der Waals surface area contributed by atoms with Crippen molar-refractivity contribution in [2.75, 3.05) is 6.54 Å². The minimum atomic E-state index is -4.47. The summed E-state index contributed by atoms with van der Waals surface area (Å²) in [6.45, 7) is 0.682. The van der Waals surface area contributed by atoms with Crippen LogP contribution in [0.2, 0.25) is 0 Å². The zero-order chi connectivity index (χ0) is 16.4. The second kappa shape index (κ2) is 7.43. The molecule has 2 N–H and O–H groups in total. The predicted octanol–water partition coefficient (Wildman–Crippen LogP) is 3.20. The number of hydrogen-bond acceptors (Lipinski definition) is 6. The fourth-order valence-electron chi connectivity index (χ4n) is 2.73. The second-order valence-corrected chi connectivity index (χ2v) is 5.70. The van der Waals surface area contributed by atoms with Crippen molar-refractivity contribution in [1.82, 2.24) is 20.1 Å². The fraction of sp³-hybridized carbons (Fsp3) is 0.571. The molecule has 1 aliphatic rings. The van der Waals surface area contributed by atoms with Gasteiger partial charge in [0.15, 0.2) is 0 Å². The van der Waals surface area contributed by atoms with Crippen LogP contribution >= 0.6 is 12.4 Å². The molecule has 0 aliphatic heterocycles. The van der Waals surface area contributed by atoms with E-state index in [1.165, 1.54) is 0 Å². The van der Waals surface area contributed by atoms with Gasteiger partial charge in [0, 0.05) is 18.3 Å². The molecule has 132 valence electrons. The first-order valence-electron chi connectivity index (χ1n) is 7.40. The summed E-state index contributed by atoms with van der Waals surface area (Å²) in [5, 5.41) is 3.78. The molecule has 0 bridgehead atoms. The zero-order valence-corrected chi connectivity index (χ0v) is 13.5. The molecule has 2 aromatic heterocycles. The van der Waals surface area contributed by atoms with E-state index in [0.717, 1.165) is 25.7 Å². The van der Waals surface area contributed by atoms with E-state index in [4.69, 9.17) is 10.3 Å². The molecule has 3 rings (SSSR count). The molecule has 2 heterocycles. The van der Waals surface area contributed by atoms with Crippen LogP contribution in [0, 0.1) is 5.92 Å². The molecule has 1 saturated carbocycles. The maximum atomic E-state index is 12.5. The fourth-order valence-corrected chi connectivity index (χ4v) is 2.73. The second-order valence-electron chi connectivity index (χ2n) is 5.70. The summed E-state index contributed by atoms with van der Waals surface area (Å²) in [4.78, 5) is 11.6. The van der Waals surface area contributed by atoms with Crippen molar-refractivity contribution in [3.05, 3.63) is 23.8 Å². The first-order chi connectivity index (χ1) is 11.0. The Morgan fingerprint density at radius 2 is 1.71 bits per heavy atom. The third-order valence-electron chi connectivity index (χ3n) is 4.15. The van der Waals surface area contributed by atoms with Crippen LogP contribution in [0.4, 0.5) is 13.2 Å². The average Bonchev–Trinajstić information content (AvgIpc) is 3.04. The minimum absolute atomic E-state index is 0. The number of aromatic nitrogens is 4. The normalized spacial score (nSPS) is 21.3. The lowest BCUT2D eigenvalue weighted by Crippen LogP contribution is -2.20. The lowest BCUT2D eigenvalue weighted by molar-refractivity contribution is -0.138. The van der Waals surface area contributed by atoms with Crippen LogP contribution in [-0.4, -0.2) is 26.7 Å². The van der Waals surface area contributed by atoms with E-state index in [1.54, 1.807) is 0 Å². The van der Waals surface area contributed by atoms with Crippen molar-refractivity contribution in [2.24, 2.45) is 11.7 Å². The molecule has 1 aliphatic carbocycles. The predicted molar refractivity (Wildman–Crippen MR) is 81.3 cm³/mol. The maximum Gasteiger partial charge on any atom is 0.419 e. The SMILES string of the molecule is Cl.NCC1CCC(c2nc(-c3ncc(C(F)(F)F)cn3)no2)CC1. The summed E-state index contributed by atoms with van der Waals surface area (Å²) in [5.41, 5.74) is 4.75. The number of nitrogens with two attached hydrogens (primary N) is 1. The molecule has 0 unspecified atom stereocenters. The number of nitrogens with zero attached hydrogens (tertiary/aromatic N) is 4. The quantitative estimate of drug-likeness (QED) is 0.900. The average molecular weight is 364 g/mol. The molecule has 0 atom stereocenters. The maximum absolute atomic E-state index is 12.5. The van der Waals surface area contributed by atoms with E-state index in [1.807, 2.05) is 0 Å². The summed E-state index contributed by atoms with van der Waals surface area (Å²) in [6.07, 6.45) is 0.804. The zero-order valence-electron chi connectivity index (χ0n) is 12.7. The van der Waals surface area contributed by atoms with Gasteiger partial charge < -0.3 is 10.3 Å².